The van der Waals surface area contributed by atoms with Crippen LogP contribution in [-0.4, -0.2) is 52.4 Å². The molecule has 11 heteroatoms. The zero-order chi connectivity index (χ0) is 26.9. The molecule has 2 amide bonds. The molecule has 3 N–H and O–H groups in total. The molecule has 1 saturated heterocycles. The Hall–Kier alpha value is -4.25. The van der Waals surface area contributed by atoms with E-state index in [2.05, 4.69) is 37.3 Å². The normalized spacial score (nSPS) is 14.6. The average Bonchev–Trinajstić information content (AvgIpc) is 3.40. The highest BCUT2D eigenvalue weighted by Crippen LogP contribution is 2.32. The van der Waals surface area contributed by atoms with E-state index in [1.54, 1.807) is 31.5 Å². The predicted octanol–water partition coefficient (Wildman–Crippen LogP) is 3.43. The first-order valence-corrected chi connectivity index (χ1v) is 12.9. The van der Waals surface area contributed by atoms with Crippen LogP contribution in [0, 0.1) is 11.3 Å². The van der Waals surface area contributed by atoms with Crippen LogP contribution in [0.3, 0.4) is 0 Å². The van der Waals surface area contributed by atoms with Gasteiger partial charge in [-0.05, 0) is 53.3 Å². The third-order valence-corrected chi connectivity index (χ3v) is 6.84. The zero-order valence-corrected chi connectivity index (χ0v) is 21.8. The van der Waals surface area contributed by atoms with Crippen LogP contribution < -0.4 is 20.3 Å². The molecule has 1 aromatic carbocycles. The second-order valence-electron chi connectivity index (χ2n) is 8.73. The van der Waals surface area contributed by atoms with Crippen LogP contribution in [0.5, 0.6) is 5.75 Å². The fourth-order valence-corrected chi connectivity index (χ4v) is 4.81. The number of nitrogens with one attached hydrogen (secondary N) is 3. The maximum absolute atomic E-state index is 12.4. The van der Waals surface area contributed by atoms with Gasteiger partial charge >= 0.3 is 0 Å². The molecule has 0 aliphatic carbocycles. The molecule has 1 fully saturated rings. The molecule has 38 heavy (non-hydrogen) atoms. The van der Waals surface area contributed by atoms with Gasteiger partial charge in [0, 0.05) is 30.9 Å². The topological polar surface area (TPSA) is 133 Å². The van der Waals surface area contributed by atoms with E-state index >= 15 is 0 Å². The lowest BCUT2D eigenvalue weighted by molar-refractivity contribution is -0.119. The van der Waals surface area contributed by atoms with Crippen LogP contribution in [0.25, 0.3) is 0 Å². The van der Waals surface area contributed by atoms with Gasteiger partial charge in [-0.1, -0.05) is 36.5 Å². The van der Waals surface area contributed by atoms with Crippen molar-refractivity contribution in [2.45, 2.75) is 19.3 Å². The molecule has 1 aliphatic heterocycles. The summed E-state index contributed by atoms with van der Waals surface area (Å²) in [5.41, 5.74) is 1.49. The van der Waals surface area contributed by atoms with E-state index in [9.17, 15) is 9.59 Å². The largest absolute Gasteiger partial charge is 0.497 e. The van der Waals surface area contributed by atoms with Gasteiger partial charge in [-0.15, -0.1) is 10.2 Å². The van der Waals surface area contributed by atoms with Crippen molar-refractivity contribution in [3.8, 4) is 5.75 Å². The van der Waals surface area contributed by atoms with Gasteiger partial charge in [0.25, 0.3) is 0 Å². The van der Waals surface area contributed by atoms with Gasteiger partial charge in [-0.3, -0.25) is 20.0 Å². The van der Waals surface area contributed by atoms with E-state index in [0.29, 0.717) is 29.6 Å². The maximum atomic E-state index is 12.4. The number of thioether (sulfide) groups is 1. The van der Waals surface area contributed by atoms with Crippen LogP contribution in [0.4, 0.5) is 11.6 Å². The minimum atomic E-state index is -0.284. The first-order chi connectivity index (χ1) is 18.4. The van der Waals surface area contributed by atoms with Crippen molar-refractivity contribution in [3.05, 3.63) is 83.5 Å². The SMILES string of the molecule is C=C(SC(=N)NC(=O)Cc1ccccn1)C1CCN(c2ccc(NC(=O)Cc3cccc(OC)c3)nn2)C1. The van der Waals surface area contributed by atoms with Gasteiger partial charge in [0.05, 0.1) is 20.0 Å². The van der Waals surface area contributed by atoms with Crippen molar-refractivity contribution >= 4 is 40.4 Å². The second-order valence-corrected chi connectivity index (χ2v) is 9.87. The van der Waals surface area contributed by atoms with Gasteiger partial charge < -0.3 is 20.3 Å². The smallest absolute Gasteiger partial charge is 0.231 e. The van der Waals surface area contributed by atoms with Gasteiger partial charge in [0.15, 0.2) is 16.8 Å². The zero-order valence-electron chi connectivity index (χ0n) is 21.0. The Morgan fingerprint density at radius 3 is 2.74 bits per heavy atom. The van der Waals surface area contributed by atoms with Crippen molar-refractivity contribution in [3.63, 3.8) is 0 Å². The summed E-state index contributed by atoms with van der Waals surface area (Å²) >= 11 is 1.16. The van der Waals surface area contributed by atoms with Gasteiger partial charge in [-0.2, -0.15) is 0 Å². The van der Waals surface area contributed by atoms with Crippen molar-refractivity contribution in [1.82, 2.24) is 20.5 Å². The number of ether oxygens (including phenoxy) is 1. The Balaban J connectivity index is 1.22. The molecule has 3 heterocycles. The number of carbonyl (C=O) groups excluding carboxylic acids is 2. The first-order valence-electron chi connectivity index (χ1n) is 12.1. The molecule has 196 valence electrons. The summed E-state index contributed by atoms with van der Waals surface area (Å²) in [6, 6.07) is 16.3. The van der Waals surface area contributed by atoms with Crippen LogP contribution >= 0.6 is 11.8 Å². The Labute approximate surface area is 225 Å². The lowest BCUT2D eigenvalue weighted by Gasteiger charge is -2.18. The summed E-state index contributed by atoms with van der Waals surface area (Å²) in [4.78, 5) is 31.6. The monoisotopic (exact) mass is 531 g/mol. The molecule has 2 aromatic heterocycles. The van der Waals surface area contributed by atoms with Crippen LogP contribution in [0.2, 0.25) is 0 Å². The van der Waals surface area contributed by atoms with E-state index in [-0.39, 0.29) is 35.7 Å². The number of rotatable bonds is 9. The lowest BCUT2D eigenvalue weighted by Crippen LogP contribution is -2.29. The molecule has 0 saturated carbocycles. The van der Waals surface area contributed by atoms with Crippen molar-refractivity contribution in [1.29, 1.82) is 5.41 Å². The molecule has 0 bridgehead atoms. The minimum Gasteiger partial charge on any atom is -0.497 e. The average molecular weight is 532 g/mol. The highest BCUT2D eigenvalue weighted by Gasteiger charge is 2.27. The highest BCUT2D eigenvalue weighted by molar-refractivity contribution is 8.17. The fraction of sp³-hybridized carbons (Fsp3) is 0.259. The molecule has 0 spiro atoms. The van der Waals surface area contributed by atoms with E-state index < -0.39 is 0 Å². The van der Waals surface area contributed by atoms with Crippen LogP contribution in [-0.2, 0) is 22.4 Å². The quantitative estimate of drug-likeness (QED) is 0.283. The molecule has 1 atom stereocenters. The summed E-state index contributed by atoms with van der Waals surface area (Å²) < 4.78 is 5.20. The standard InChI is InChI=1S/C27H29N7O3S/c1-18(38-27(28)31-26(36)16-21-7-3-4-12-29-21)20-11-13-34(17-20)24-10-9-23(32-33-24)30-25(35)15-19-6-5-8-22(14-19)37-2/h3-10,12,14,20H,1,11,13,15-17H2,2H3,(H2,28,31,36)(H,30,32,35). The number of amides is 2. The number of carbonyl (C=O) groups is 2. The second kappa shape index (κ2) is 12.8. The molecular weight excluding hydrogens is 502 g/mol. The minimum absolute atomic E-state index is 0.0446. The number of benzene rings is 1. The number of pyridine rings is 1. The van der Waals surface area contributed by atoms with E-state index in [1.165, 1.54) is 0 Å². The van der Waals surface area contributed by atoms with Gasteiger partial charge in [0.2, 0.25) is 11.8 Å². The number of aromatic nitrogens is 3. The molecular formula is C27H29N7O3S. The van der Waals surface area contributed by atoms with Gasteiger partial charge in [-0.25, -0.2) is 0 Å². The van der Waals surface area contributed by atoms with Gasteiger partial charge in [0.1, 0.15) is 5.75 Å². The highest BCUT2D eigenvalue weighted by atomic mass is 32.2. The summed E-state index contributed by atoms with van der Waals surface area (Å²) in [5, 5.41) is 22.0. The molecule has 0 radical (unpaired) electrons. The third-order valence-electron chi connectivity index (χ3n) is 5.94. The van der Waals surface area contributed by atoms with Crippen molar-refractivity contribution < 1.29 is 14.3 Å². The van der Waals surface area contributed by atoms with Crippen molar-refractivity contribution in [2.24, 2.45) is 5.92 Å². The summed E-state index contributed by atoms with van der Waals surface area (Å²) in [5.74, 6) is 1.45. The summed E-state index contributed by atoms with van der Waals surface area (Å²) in [6.07, 6.45) is 2.80. The number of nitrogens with zero attached hydrogens (tertiary/aromatic N) is 4. The molecule has 1 unspecified atom stereocenters. The number of amidine groups is 1. The Morgan fingerprint density at radius 1 is 1.13 bits per heavy atom. The molecule has 10 nitrogen and oxygen atoms in total. The van der Waals surface area contributed by atoms with Crippen LogP contribution in [0.15, 0.2) is 72.3 Å². The Morgan fingerprint density at radius 2 is 2.00 bits per heavy atom. The molecule has 4 rings (SSSR count). The number of anilines is 2. The fourth-order valence-electron chi connectivity index (χ4n) is 4.02. The van der Waals surface area contributed by atoms with E-state index in [0.717, 1.165) is 35.2 Å². The molecule has 3 aromatic rings. The Bertz CT molecular complexity index is 1300. The van der Waals surface area contributed by atoms with E-state index in [1.807, 2.05) is 36.4 Å². The maximum Gasteiger partial charge on any atom is 0.231 e. The summed E-state index contributed by atoms with van der Waals surface area (Å²) in [6.45, 7) is 5.57. The van der Waals surface area contributed by atoms with E-state index in [4.69, 9.17) is 10.1 Å². The first kappa shape index (κ1) is 26.8. The summed E-state index contributed by atoms with van der Waals surface area (Å²) in [7, 11) is 1.59. The predicted molar refractivity (Wildman–Crippen MR) is 148 cm³/mol. The van der Waals surface area contributed by atoms with Crippen LogP contribution in [0.1, 0.15) is 17.7 Å². The number of methoxy groups -OCH3 is 1. The number of hydrogen-bond donors (Lipinski definition) is 3. The lowest BCUT2D eigenvalue weighted by atomic mass is 10.1. The molecule has 1 aliphatic rings. The van der Waals surface area contributed by atoms with Crippen molar-refractivity contribution in [2.75, 3.05) is 30.4 Å². The number of hydrogen-bond acceptors (Lipinski definition) is 9. The third kappa shape index (κ3) is 7.62. The Kier molecular flexibility index (Phi) is 9.04.